The summed E-state index contributed by atoms with van der Waals surface area (Å²) >= 11 is 0. The van der Waals surface area contributed by atoms with Gasteiger partial charge in [-0.1, -0.05) is 19.9 Å². The minimum Gasteiger partial charge on any atom is -0.489 e. The van der Waals surface area contributed by atoms with E-state index >= 15 is 0 Å². The van der Waals surface area contributed by atoms with Gasteiger partial charge in [-0.3, -0.25) is 0 Å². The van der Waals surface area contributed by atoms with E-state index in [1.54, 1.807) is 7.11 Å². The van der Waals surface area contributed by atoms with Crippen molar-refractivity contribution in [3.8, 4) is 5.75 Å². The molecular weight excluding hydrogens is 254 g/mol. The largest absolute Gasteiger partial charge is 0.489 e. The zero-order chi connectivity index (χ0) is 14.8. The second kappa shape index (κ2) is 6.02. The fourth-order valence-electron chi connectivity index (χ4n) is 2.44. The zero-order valence-corrected chi connectivity index (χ0v) is 12.8. The maximum Gasteiger partial charge on any atom is 0.142 e. The van der Waals surface area contributed by atoms with E-state index in [-0.39, 0.29) is 17.6 Å². The summed E-state index contributed by atoms with van der Waals surface area (Å²) in [7, 11) is 1.66. The van der Waals surface area contributed by atoms with Gasteiger partial charge < -0.3 is 19.9 Å². The molecule has 1 aliphatic carbocycles. The highest BCUT2D eigenvalue weighted by Gasteiger charge is 2.47. The number of benzene rings is 1. The third kappa shape index (κ3) is 3.07. The average Bonchev–Trinajstić information content (AvgIpc) is 2.41. The highest BCUT2D eigenvalue weighted by molar-refractivity contribution is 5.59. The summed E-state index contributed by atoms with van der Waals surface area (Å²) < 4.78 is 10.8. The normalized spacial score (nSPS) is 24.1. The van der Waals surface area contributed by atoms with Crippen LogP contribution in [0.15, 0.2) is 18.2 Å². The Labute approximate surface area is 121 Å². The van der Waals surface area contributed by atoms with Crippen LogP contribution < -0.4 is 10.1 Å². The smallest absolute Gasteiger partial charge is 0.142 e. The SMILES string of the molecule is COCCOc1cc(C)ccc1NC1CC(O)C1(C)C. The van der Waals surface area contributed by atoms with E-state index in [1.807, 2.05) is 19.1 Å². The lowest BCUT2D eigenvalue weighted by Crippen LogP contribution is -2.56. The summed E-state index contributed by atoms with van der Waals surface area (Å²) in [6.45, 7) is 7.31. The molecule has 4 heteroatoms. The van der Waals surface area contributed by atoms with Crippen molar-refractivity contribution in [2.24, 2.45) is 5.41 Å². The van der Waals surface area contributed by atoms with Crippen LogP contribution in [-0.4, -0.2) is 37.6 Å². The van der Waals surface area contributed by atoms with E-state index in [2.05, 4.69) is 25.2 Å². The molecule has 20 heavy (non-hydrogen) atoms. The molecule has 0 aliphatic heterocycles. The van der Waals surface area contributed by atoms with Crippen LogP contribution in [0.2, 0.25) is 0 Å². The highest BCUT2D eigenvalue weighted by Crippen LogP contribution is 2.43. The molecule has 1 aromatic carbocycles. The van der Waals surface area contributed by atoms with Crippen molar-refractivity contribution in [1.29, 1.82) is 0 Å². The molecule has 2 N–H and O–H groups in total. The number of nitrogens with one attached hydrogen (secondary N) is 1. The highest BCUT2D eigenvalue weighted by atomic mass is 16.5. The molecule has 0 aromatic heterocycles. The van der Waals surface area contributed by atoms with E-state index in [4.69, 9.17) is 9.47 Å². The number of aliphatic hydroxyl groups is 1. The zero-order valence-electron chi connectivity index (χ0n) is 12.8. The molecule has 1 fully saturated rings. The predicted molar refractivity (Wildman–Crippen MR) is 80.4 cm³/mol. The number of rotatable bonds is 6. The summed E-state index contributed by atoms with van der Waals surface area (Å²) in [5.74, 6) is 0.847. The predicted octanol–water partition coefficient (Wildman–Crippen LogP) is 2.59. The quantitative estimate of drug-likeness (QED) is 0.786. The van der Waals surface area contributed by atoms with Crippen molar-refractivity contribution in [1.82, 2.24) is 0 Å². The summed E-state index contributed by atoms with van der Waals surface area (Å²) in [6.07, 6.45) is 0.543. The first kappa shape index (κ1) is 15.1. The van der Waals surface area contributed by atoms with E-state index in [0.29, 0.717) is 13.2 Å². The monoisotopic (exact) mass is 279 g/mol. The Balaban J connectivity index is 2.07. The molecule has 0 saturated heterocycles. The van der Waals surface area contributed by atoms with Crippen molar-refractivity contribution in [2.75, 3.05) is 25.6 Å². The maximum absolute atomic E-state index is 9.82. The number of aliphatic hydroxyl groups excluding tert-OH is 1. The second-order valence-electron chi connectivity index (χ2n) is 6.11. The third-order valence-corrected chi connectivity index (χ3v) is 4.23. The van der Waals surface area contributed by atoms with Crippen molar-refractivity contribution >= 4 is 5.69 Å². The number of anilines is 1. The Morgan fingerprint density at radius 2 is 2.10 bits per heavy atom. The number of methoxy groups -OCH3 is 1. The van der Waals surface area contributed by atoms with Crippen LogP contribution in [0.5, 0.6) is 5.75 Å². The standard InChI is InChI=1S/C16H25NO3/c1-11-5-6-12(13(9-11)20-8-7-19-4)17-14-10-15(18)16(14,2)3/h5-6,9,14-15,17-18H,7-8,10H2,1-4H3. The molecule has 4 nitrogen and oxygen atoms in total. The number of ether oxygens (including phenoxy) is 2. The maximum atomic E-state index is 9.82. The lowest BCUT2D eigenvalue weighted by molar-refractivity contribution is -0.0511. The van der Waals surface area contributed by atoms with Crippen LogP contribution in [0.1, 0.15) is 25.8 Å². The summed E-state index contributed by atoms with van der Waals surface area (Å²) in [5.41, 5.74) is 2.04. The Bertz CT molecular complexity index is 459. The van der Waals surface area contributed by atoms with Crippen molar-refractivity contribution < 1.29 is 14.6 Å². The molecule has 112 valence electrons. The van der Waals surface area contributed by atoms with Crippen LogP contribution in [0, 0.1) is 12.3 Å². The number of aryl methyl sites for hydroxylation is 1. The number of hydrogen-bond donors (Lipinski definition) is 2. The molecule has 0 bridgehead atoms. The van der Waals surface area contributed by atoms with Gasteiger partial charge in [-0.25, -0.2) is 0 Å². The van der Waals surface area contributed by atoms with Gasteiger partial charge in [0.15, 0.2) is 0 Å². The topological polar surface area (TPSA) is 50.7 Å². The molecule has 2 rings (SSSR count). The number of hydrogen-bond acceptors (Lipinski definition) is 4. The molecule has 2 atom stereocenters. The van der Waals surface area contributed by atoms with Gasteiger partial charge in [-0.05, 0) is 31.0 Å². The molecule has 0 radical (unpaired) electrons. The molecule has 0 spiro atoms. The van der Waals surface area contributed by atoms with E-state index < -0.39 is 0 Å². The molecule has 0 amide bonds. The van der Waals surface area contributed by atoms with Crippen LogP contribution in [0.4, 0.5) is 5.69 Å². The molecular formula is C16H25NO3. The van der Waals surface area contributed by atoms with Crippen LogP contribution >= 0.6 is 0 Å². The molecule has 1 aliphatic rings. The van der Waals surface area contributed by atoms with Gasteiger partial charge in [-0.2, -0.15) is 0 Å². The third-order valence-electron chi connectivity index (χ3n) is 4.23. The summed E-state index contributed by atoms with van der Waals surface area (Å²) in [4.78, 5) is 0. The van der Waals surface area contributed by atoms with E-state index in [9.17, 15) is 5.11 Å². The lowest BCUT2D eigenvalue weighted by Gasteiger charge is -2.50. The van der Waals surface area contributed by atoms with Crippen molar-refractivity contribution in [2.45, 2.75) is 39.3 Å². The van der Waals surface area contributed by atoms with Gasteiger partial charge in [0, 0.05) is 18.6 Å². The average molecular weight is 279 g/mol. The Hall–Kier alpha value is -1.26. The Morgan fingerprint density at radius 3 is 2.70 bits per heavy atom. The van der Waals surface area contributed by atoms with Gasteiger partial charge in [0.1, 0.15) is 12.4 Å². The van der Waals surface area contributed by atoms with E-state index in [0.717, 1.165) is 23.4 Å². The Kier molecular flexibility index (Phi) is 4.55. The molecule has 2 unspecified atom stereocenters. The fourth-order valence-corrected chi connectivity index (χ4v) is 2.44. The van der Waals surface area contributed by atoms with E-state index in [1.165, 1.54) is 0 Å². The first-order chi connectivity index (χ1) is 9.45. The van der Waals surface area contributed by atoms with Crippen LogP contribution in [0.3, 0.4) is 0 Å². The Morgan fingerprint density at radius 1 is 1.35 bits per heavy atom. The molecule has 0 heterocycles. The van der Waals surface area contributed by atoms with Crippen molar-refractivity contribution in [3.63, 3.8) is 0 Å². The summed E-state index contributed by atoms with van der Waals surface area (Å²) in [6, 6.07) is 6.40. The minimum atomic E-state index is -0.233. The molecule has 1 saturated carbocycles. The molecule has 1 aromatic rings. The van der Waals surface area contributed by atoms with Gasteiger partial charge in [0.2, 0.25) is 0 Å². The minimum absolute atomic E-state index is 0.102. The van der Waals surface area contributed by atoms with Gasteiger partial charge in [-0.15, -0.1) is 0 Å². The fraction of sp³-hybridized carbons (Fsp3) is 0.625. The van der Waals surface area contributed by atoms with Gasteiger partial charge in [0.25, 0.3) is 0 Å². The van der Waals surface area contributed by atoms with Crippen LogP contribution in [-0.2, 0) is 4.74 Å². The summed E-state index contributed by atoms with van der Waals surface area (Å²) in [5, 5.41) is 13.3. The van der Waals surface area contributed by atoms with Gasteiger partial charge >= 0.3 is 0 Å². The van der Waals surface area contributed by atoms with Gasteiger partial charge in [0.05, 0.1) is 18.4 Å². The van der Waals surface area contributed by atoms with Crippen molar-refractivity contribution in [3.05, 3.63) is 23.8 Å². The van der Waals surface area contributed by atoms with Crippen LogP contribution in [0.25, 0.3) is 0 Å². The first-order valence-electron chi connectivity index (χ1n) is 7.12. The second-order valence-corrected chi connectivity index (χ2v) is 6.11. The first-order valence-corrected chi connectivity index (χ1v) is 7.12. The lowest BCUT2D eigenvalue weighted by atomic mass is 9.64.